The molecule has 1 atom stereocenters. The van der Waals surface area contributed by atoms with Gasteiger partial charge in [0.15, 0.2) is 0 Å². The fourth-order valence-electron chi connectivity index (χ4n) is 4.74. The molecule has 33 heavy (non-hydrogen) atoms. The first kappa shape index (κ1) is 21.4. The summed E-state index contributed by atoms with van der Waals surface area (Å²) in [7, 11) is -4.00. The summed E-state index contributed by atoms with van der Waals surface area (Å²) in [5, 5.41) is 13.3. The topological polar surface area (TPSA) is 107 Å². The summed E-state index contributed by atoms with van der Waals surface area (Å²) in [6, 6.07) is 13.5. The summed E-state index contributed by atoms with van der Waals surface area (Å²) in [5.41, 5.74) is 1.67. The predicted molar refractivity (Wildman–Crippen MR) is 125 cm³/mol. The lowest BCUT2D eigenvalue weighted by molar-refractivity contribution is -0.119. The summed E-state index contributed by atoms with van der Waals surface area (Å²) in [6.07, 6.45) is 0.975. The van der Waals surface area contributed by atoms with Crippen LogP contribution in [-0.4, -0.2) is 48.8 Å². The number of aromatic hydroxyl groups is 1. The Bertz CT molecular complexity index is 1390. The Morgan fingerprint density at radius 1 is 1.12 bits per heavy atom. The molecule has 2 aliphatic rings. The number of carbonyl (C=O) groups is 2. The molecule has 8 nitrogen and oxygen atoms in total. The lowest BCUT2D eigenvalue weighted by Gasteiger charge is -2.24. The van der Waals surface area contributed by atoms with E-state index in [0.29, 0.717) is 47.1 Å². The summed E-state index contributed by atoms with van der Waals surface area (Å²) < 4.78 is 28.8. The molecule has 2 N–H and O–H groups in total. The average molecular weight is 466 g/mol. The Labute approximate surface area is 191 Å². The molecule has 1 fully saturated rings. The largest absolute Gasteiger partial charge is 0.508 e. The number of hydrogen-bond acceptors (Lipinski definition) is 5. The highest BCUT2D eigenvalue weighted by Gasteiger charge is 2.41. The van der Waals surface area contributed by atoms with E-state index in [1.165, 1.54) is 22.5 Å². The molecule has 0 radical (unpaired) electrons. The van der Waals surface area contributed by atoms with Crippen molar-refractivity contribution in [2.75, 3.05) is 23.3 Å². The lowest BCUT2D eigenvalue weighted by atomic mass is 10.1. The molecule has 3 aromatic carbocycles. The van der Waals surface area contributed by atoms with Gasteiger partial charge in [-0.3, -0.25) is 9.59 Å². The van der Waals surface area contributed by atoms with Crippen molar-refractivity contribution in [1.82, 2.24) is 4.31 Å². The molecule has 3 aromatic rings. The van der Waals surface area contributed by atoms with Crippen LogP contribution in [0.1, 0.15) is 30.1 Å². The first-order valence-electron chi connectivity index (χ1n) is 10.8. The maximum absolute atomic E-state index is 13.8. The Morgan fingerprint density at radius 2 is 1.88 bits per heavy atom. The number of carbonyl (C=O) groups excluding carboxylic acids is 2. The van der Waals surface area contributed by atoms with Gasteiger partial charge >= 0.3 is 0 Å². The van der Waals surface area contributed by atoms with Gasteiger partial charge in [-0.15, -0.1) is 0 Å². The smallest absolute Gasteiger partial charge is 0.258 e. The van der Waals surface area contributed by atoms with Crippen LogP contribution in [0.2, 0.25) is 0 Å². The molecule has 5 rings (SSSR count). The van der Waals surface area contributed by atoms with Gasteiger partial charge in [-0.1, -0.05) is 12.1 Å². The third-order valence-corrected chi connectivity index (χ3v) is 8.26. The fraction of sp³-hybridized carbons (Fsp3) is 0.250. The summed E-state index contributed by atoms with van der Waals surface area (Å²) in [6.45, 7) is 2.60. The van der Waals surface area contributed by atoms with Crippen LogP contribution in [0, 0.1) is 0 Å². The second-order valence-corrected chi connectivity index (χ2v) is 10.0. The quantitative estimate of drug-likeness (QED) is 0.562. The van der Waals surface area contributed by atoms with E-state index in [2.05, 4.69) is 5.32 Å². The van der Waals surface area contributed by atoms with E-state index in [1.807, 2.05) is 6.92 Å². The zero-order valence-corrected chi connectivity index (χ0v) is 18.8. The Morgan fingerprint density at radius 3 is 2.61 bits per heavy atom. The SMILES string of the molecule is CCN1C(=O)c2cccc3c(S(=O)(=O)N4CCC[C@@H]4C(=O)Nc4ccc(O)cc4)ccc1c23. The van der Waals surface area contributed by atoms with Crippen molar-refractivity contribution < 1.29 is 23.1 Å². The van der Waals surface area contributed by atoms with Crippen molar-refractivity contribution in [3.8, 4) is 5.75 Å². The van der Waals surface area contributed by atoms with E-state index in [0.717, 1.165) is 0 Å². The van der Waals surface area contributed by atoms with E-state index >= 15 is 0 Å². The predicted octanol–water partition coefficient (Wildman–Crippen LogP) is 3.32. The molecule has 0 aromatic heterocycles. The maximum Gasteiger partial charge on any atom is 0.258 e. The van der Waals surface area contributed by atoms with Crippen molar-refractivity contribution in [2.24, 2.45) is 0 Å². The van der Waals surface area contributed by atoms with Crippen molar-refractivity contribution in [3.63, 3.8) is 0 Å². The molecule has 2 aliphatic heterocycles. The molecule has 9 heteroatoms. The van der Waals surface area contributed by atoms with Crippen molar-refractivity contribution in [1.29, 1.82) is 0 Å². The van der Waals surface area contributed by atoms with Gasteiger partial charge < -0.3 is 15.3 Å². The number of anilines is 2. The van der Waals surface area contributed by atoms with E-state index in [9.17, 15) is 23.1 Å². The average Bonchev–Trinajstić information content (AvgIpc) is 3.41. The number of phenols is 1. The third kappa shape index (κ3) is 3.35. The maximum atomic E-state index is 13.8. The summed E-state index contributed by atoms with van der Waals surface area (Å²) in [5.74, 6) is -0.481. The number of nitrogens with one attached hydrogen (secondary N) is 1. The molecular weight excluding hydrogens is 442 g/mol. The van der Waals surface area contributed by atoms with Crippen LogP contribution < -0.4 is 10.2 Å². The number of benzene rings is 3. The zero-order chi connectivity index (χ0) is 23.3. The minimum Gasteiger partial charge on any atom is -0.508 e. The number of nitrogens with zero attached hydrogens (tertiary/aromatic N) is 2. The second kappa shape index (κ2) is 7.86. The van der Waals surface area contributed by atoms with Gasteiger partial charge in [-0.2, -0.15) is 4.31 Å². The Balaban J connectivity index is 1.52. The third-order valence-electron chi connectivity index (χ3n) is 6.29. The molecule has 2 amide bonds. The zero-order valence-electron chi connectivity index (χ0n) is 18.0. The van der Waals surface area contributed by atoms with Crippen molar-refractivity contribution in [2.45, 2.75) is 30.7 Å². The minimum atomic E-state index is -4.00. The molecule has 0 unspecified atom stereocenters. The first-order chi connectivity index (χ1) is 15.8. The van der Waals surface area contributed by atoms with Crippen LogP contribution in [-0.2, 0) is 14.8 Å². The van der Waals surface area contributed by atoms with Gasteiger partial charge in [0, 0.05) is 35.1 Å². The number of rotatable bonds is 5. The monoisotopic (exact) mass is 465 g/mol. The molecular formula is C24H23N3O5S. The van der Waals surface area contributed by atoms with Crippen LogP contribution >= 0.6 is 0 Å². The highest BCUT2D eigenvalue weighted by molar-refractivity contribution is 7.89. The highest BCUT2D eigenvalue weighted by atomic mass is 32.2. The second-order valence-electron chi connectivity index (χ2n) is 8.17. The lowest BCUT2D eigenvalue weighted by Crippen LogP contribution is -2.43. The first-order valence-corrected chi connectivity index (χ1v) is 12.3. The molecule has 2 heterocycles. The van der Waals surface area contributed by atoms with Gasteiger partial charge in [-0.25, -0.2) is 8.42 Å². The van der Waals surface area contributed by atoms with E-state index < -0.39 is 22.0 Å². The van der Waals surface area contributed by atoms with E-state index in [-0.39, 0.29) is 23.1 Å². The van der Waals surface area contributed by atoms with Gasteiger partial charge in [0.2, 0.25) is 15.9 Å². The molecule has 1 saturated heterocycles. The summed E-state index contributed by atoms with van der Waals surface area (Å²) >= 11 is 0. The molecule has 0 spiro atoms. The fourth-order valence-corrected chi connectivity index (χ4v) is 6.59. The van der Waals surface area contributed by atoms with Gasteiger partial charge in [-0.05, 0) is 62.2 Å². The minimum absolute atomic E-state index is 0.0743. The van der Waals surface area contributed by atoms with E-state index in [1.54, 1.807) is 41.3 Å². The van der Waals surface area contributed by atoms with Crippen LogP contribution in [0.5, 0.6) is 5.75 Å². The number of sulfonamides is 1. The number of amides is 2. The normalized spacial score (nSPS) is 18.3. The Kier molecular flexibility index (Phi) is 5.10. The number of phenolic OH excluding ortho intramolecular Hbond substituents is 1. The standard InChI is InChI=1S/C24H23N3O5S/c1-2-26-19-12-13-21(17-5-3-6-18(22(17)19)24(26)30)33(31,32)27-14-4-7-20(27)23(29)25-15-8-10-16(28)11-9-15/h3,5-6,8-13,20,28H,2,4,7,14H2,1H3,(H,25,29)/t20-/m1/s1. The molecule has 170 valence electrons. The highest BCUT2D eigenvalue weighted by Crippen LogP contribution is 2.41. The van der Waals surface area contributed by atoms with Crippen LogP contribution in [0.15, 0.2) is 59.5 Å². The summed E-state index contributed by atoms with van der Waals surface area (Å²) in [4.78, 5) is 27.5. The van der Waals surface area contributed by atoms with E-state index in [4.69, 9.17) is 0 Å². The van der Waals surface area contributed by atoms with Crippen LogP contribution in [0.3, 0.4) is 0 Å². The Hall–Kier alpha value is -3.43. The molecule has 0 bridgehead atoms. The molecule has 0 saturated carbocycles. The van der Waals surface area contributed by atoms with Gasteiger partial charge in [0.1, 0.15) is 11.8 Å². The van der Waals surface area contributed by atoms with Crippen molar-refractivity contribution in [3.05, 3.63) is 60.2 Å². The van der Waals surface area contributed by atoms with Gasteiger partial charge in [0.25, 0.3) is 5.91 Å². The van der Waals surface area contributed by atoms with Crippen molar-refractivity contribution >= 4 is 44.0 Å². The molecule has 0 aliphatic carbocycles. The van der Waals surface area contributed by atoms with Crippen LogP contribution in [0.4, 0.5) is 11.4 Å². The van der Waals surface area contributed by atoms with Gasteiger partial charge in [0.05, 0.1) is 10.6 Å². The number of hydrogen-bond donors (Lipinski definition) is 2. The van der Waals surface area contributed by atoms with Crippen LogP contribution in [0.25, 0.3) is 10.8 Å².